The number of hydrogen-bond donors (Lipinski definition) is 1. The van der Waals surface area contributed by atoms with Gasteiger partial charge < -0.3 is 25.0 Å². The lowest BCUT2D eigenvalue weighted by Crippen LogP contribution is -2.22. The minimum atomic E-state index is -4.81. The second-order valence-corrected chi connectivity index (χ2v) is 6.77. The first kappa shape index (κ1) is 21.0. The minimum Gasteiger partial charge on any atom is -0.490 e. The van der Waals surface area contributed by atoms with E-state index in [0.29, 0.717) is 18.1 Å². The predicted octanol–water partition coefficient (Wildman–Crippen LogP) is 3.59. The highest BCUT2D eigenvalue weighted by atomic mass is 19.4. The average Bonchev–Trinajstić information content (AvgIpc) is 3.18. The Morgan fingerprint density at radius 1 is 1.17 bits per heavy atom. The molecule has 2 aromatic rings. The number of likely N-dealkylation sites (tertiary alicyclic amines) is 1. The lowest BCUT2D eigenvalue weighted by atomic mass is 10.2. The number of aromatic nitrogens is 2. The number of halogens is 3. The normalized spacial score (nSPS) is 14.8. The van der Waals surface area contributed by atoms with Gasteiger partial charge in [0.2, 0.25) is 5.95 Å². The third-order valence-corrected chi connectivity index (χ3v) is 4.58. The van der Waals surface area contributed by atoms with Crippen LogP contribution in [0.3, 0.4) is 0 Å². The van der Waals surface area contributed by atoms with Gasteiger partial charge in [0, 0.05) is 31.5 Å². The quantitative estimate of drug-likeness (QED) is 0.665. The van der Waals surface area contributed by atoms with Crippen LogP contribution in [-0.2, 0) is 0 Å². The van der Waals surface area contributed by atoms with Gasteiger partial charge in [-0.1, -0.05) is 0 Å². The van der Waals surface area contributed by atoms with E-state index in [9.17, 15) is 13.2 Å². The molecule has 3 rings (SSSR count). The molecule has 7 nitrogen and oxygen atoms in total. The summed E-state index contributed by atoms with van der Waals surface area (Å²) in [7, 11) is 1.69. The predicted molar refractivity (Wildman–Crippen MR) is 103 cm³/mol. The van der Waals surface area contributed by atoms with Crippen LogP contribution in [0.4, 0.5) is 30.6 Å². The molecule has 0 radical (unpaired) electrons. The van der Waals surface area contributed by atoms with E-state index in [4.69, 9.17) is 10.5 Å². The molecule has 1 aliphatic rings. The van der Waals surface area contributed by atoms with Crippen molar-refractivity contribution in [3.05, 3.63) is 30.5 Å². The zero-order valence-electron chi connectivity index (χ0n) is 16.2. The Morgan fingerprint density at radius 3 is 2.62 bits per heavy atom. The van der Waals surface area contributed by atoms with Gasteiger partial charge in [-0.05, 0) is 50.6 Å². The van der Waals surface area contributed by atoms with E-state index in [2.05, 4.69) is 19.6 Å². The first-order chi connectivity index (χ1) is 13.8. The van der Waals surface area contributed by atoms with Crippen LogP contribution >= 0.6 is 0 Å². The molecule has 0 bridgehead atoms. The van der Waals surface area contributed by atoms with E-state index in [1.165, 1.54) is 37.2 Å². The number of hydrogen-bond acceptors (Lipinski definition) is 7. The summed E-state index contributed by atoms with van der Waals surface area (Å²) < 4.78 is 48.0. The highest BCUT2D eigenvalue weighted by Gasteiger charge is 2.32. The van der Waals surface area contributed by atoms with Crippen molar-refractivity contribution in [3.8, 4) is 11.5 Å². The van der Waals surface area contributed by atoms with Gasteiger partial charge in [-0.2, -0.15) is 4.98 Å². The van der Waals surface area contributed by atoms with Gasteiger partial charge in [-0.25, -0.2) is 4.98 Å². The van der Waals surface area contributed by atoms with Crippen LogP contribution in [0.5, 0.6) is 11.5 Å². The summed E-state index contributed by atoms with van der Waals surface area (Å²) in [6.45, 7) is 3.25. The largest absolute Gasteiger partial charge is 0.573 e. The Bertz CT molecular complexity index is 813. The second-order valence-electron chi connectivity index (χ2n) is 6.77. The fraction of sp³-hybridized carbons (Fsp3) is 0.474. The molecule has 2 heterocycles. The average molecular weight is 411 g/mol. The zero-order chi connectivity index (χ0) is 20.9. The number of anilines is 3. The number of alkyl halides is 3. The molecule has 0 saturated carbocycles. The summed E-state index contributed by atoms with van der Waals surface area (Å²) in [6, 6.07) is 5.72. The summed E-state index contributed by atoms with van der Waals surface area (Å²) in [6.07, 6.45) is -0.219. The highest BCUT2D eigenvalue weighted by molar-refractivity contribution is 5.62. The van der Waals surface area contributed by atoms with Crippen molar-refractivity contribution >= 4 is 17.5 Å². The number of benzene rings is 1. The van der Waals surface area contributed by atoms with Crippen LogP contribution < -0.4 is 20.1 Å². The number of rotatable bonds is 8. The van der Waals surface area contributed by atoms with Crippen molar-refractivity contribution in [2.75, 3.05) is 43.9 Å². The first-order valence-electron chi connectivity index (χ1n) is 9.39. The van der Waals surface area contributed by atoms with Gasteiger partial charge in [0.1, 0.15) is 5.82 Å². The van der Waals surface area contributed by atoms with E-state index in [1.807, 2.05) is 0 Å². The molecule has 158 valence electrons. The fourth-order valence-corrected chi connectivity index (χ4v) is 3.14. The van der Waals surface area contributed by atoms with Crippen LogP contribution in [0.1, 0.15) is 19.3 Å². The molecule has 0 amide bonds. The van der Waals surface area contributed by atoms with Crippen LogP contribution in [0.25, 0.3) is 0 Å². The van der Waals surface area contributed by atoms with Crippen molar-refractivity contribution in [1.29, 1.82) is 0 Å². The number of ether oxygens (including phenoxy) is 2. The minimum absolute atomic E-state index is 0.0111. The number of nitrogen functional groups attached to an aromatic ring is 1. The van der Waals surface area contributed by atoms with Crippen molar-refractivity contribution in [3.63, 3.8) is 0 Å². The van der Waals surface area contributed by atoms with Crippen molar-refractivity contribution in [1.82, 2.24) is 14.9 Å². The SMILES string of the molecule is CN(c1ccc(OC(F)(F)F)c(OCCCN2CCCC2)c1)c1nccc(N)n1. The van der Waals surface area contributed by atoms with E-state index in [-0.39, 0.29) is 23.9 Å². The second kappa shape index (κ2) is 9.17. The molecule has 0 unspecified atom stereocenters. The Morgan fingerprint density at radius 2 is 1.93 bits per heavy atom. The van der Waals surface area contributed by atoms with E-state index in [1.54, 1.807) is 18.0 Å². The molecule has 0 aliphatic carbocycles. The molecule has 0 atom stereocenters. The van der Waals surface area contributed by atoms with Gasteiger partial charge in [0.25, 0.3) is 0 Å². The van der Waals surface area contributed by atoms with Gasteiger partial charge in [-0.3, -0.25) is 0 Å². The van der Waals surface area contributed by atoms with Gasteiger partial charge in [0.05, 0.1) is 6.61 Å². The monoisotopic (exact) mass is 411 g/mol. The topological polar surface area (TPSA) is 76.7 Å². The van der Waals surface area contributed by atoms with E-state index in [0.717, 1.165) is 19.6 Å². The summed E-state index contributed by atoms with van der Waals surface area (Å²) >= 11 is 0. The zero-order valence-corrected chi connectivity index (χ0v) is 16.2. The molecule has 29 heavy (non-hydrogen) atoms. The van der Waals surface area contributed by atoms with Crippen LogP contribution in [0, 0.1) is 0 Å². The smallest absolute Gasteiger partial charge is 0.490 e. The molecule has 1 aromatic heterocycles. The Balaban J connectivity index is 1.73. The van der Waals surface area contributed by atoms with Crippen molar-refractivity contribution in [2.45, 2.75) is 25.6 Å². The molecule has 1 aliphatic heterocycles. The molecule has 0 spiro atoms. The first-order valence-corrected chi connectivity index (χ1v) is 9.39. The molecule has 1 fully saturated rings. The van der Waals surface area contributed by atoms with Gasteiger partial charge in [0.15, 0.2) is 11.5 Å². The van der Waals surface area contributed by atoms with Crippen molar-refractivity contribution < 1.29 is 22.6 Å². The molecule has 2 N–H and O–H groups in total. The van der Waals surface area contributed by atoms with Crippen LogP contribution in [0.15, 0.2) is 30.5 Å². The fourth-order valence-electron chi connectivity index (χ4n) is 3.14. The van der Waals surface area contributed by atoms with Crippen molar-refractivity contribution in [2.24, 2.45) is 0 Å². The lowest BCUT2D eigenvalue weighted by Gasteiger charge is -2.21. The Hall–Kier alpha value is -2.75. The third-order valence-electron chi connectivity index (χ3n) is 4.58. The molecule has 10 heteroatoms. The summed E-state index contributed by atoms with van der Waals surface area (Å²) in [4.78, 5) is 12.2. The molecule has 1 aromatic carbocycles. The molecular formula is C19H24F3N5O2. The van der Waals surface area contributed by atoms with Gasteiger partial charge in [-0.15, -0.1) is 13.2 Å². The van der Waals surface area contributed by atoms with E-state index >= 15 is 0 Å². The molecule has 1 saturated heterocycles. The summed E-state index contributed by atoms with van der Waals surface area (Å²) in [5.74, 6) is 0.230. The summed E-state index contributed by atoms with van der Waals surface area (Å²) in [5.41, 5.74) is 6.22. The molecular weight excluding hydrogens is 387 g/mol. The summed E-state index contributed by atoms with van der Waals surface area (Å²) in [5, 5.41) is 0. The maximum atomic E-state index is 12.8. The standard InChI is InChI=1S/C19H24F3N5O2/c1-26(18-24-8-7-17(23)25-18)14-5-6-15(29-19(20,21)22)16(13-14)28-12-4-11-27-9-2-3-10-27/h5-8,13H,2-4,9-12H2,1H3,(H2,23,24,25). The van der Waals surface area contributed by atoms with Crippen LogP contribution in [0.2, 0.25) is 0 Å². The number of nitrogens with zero attached hydrogens (tertiary/aromatic N) is 4. The maximum absolute atomic E-state index is 12.8. The van der Waals surface area contributed by atoms with E-state index < -0.39 is 6.36 Å². The third kappa shape index (κ3) is 6.11. The van der Waals surface area contributed by atoms with Crippen LogP contribution in [-0.4, -0.2) is 54.5 Å². The highest BCUT2D eigenvalue weighted by Crippen LogP contribution is 2.36. The maximum Gasteiger partial charge on any atom is 0.573 e. The Labute approximate surface area is 167 Å². The lowest BCUT2D eigenvalue weighted by molar-refractivity contribution is -0.275. The Kier molecular flexibility index (Phi) is 6.63. The van der Waals surface area contributed by atoms with Gasteiger partial charge >= 0.3 is 6.36 Å². The number of nitrogens with two attached hydrogens (primary N) is 1.